The Morgan fingerprint density at radius 1 is 1.06 bits per heavy atom. The van der Waals surface area contributed by atoms with Gasteiger partial charge in [-0.05, 0) is 35.2 Å². The topological polar surface area (TPSA) is 4.93 Å². The Labute approximate surface area is 119 Å². The van der Waals surface area contributed by atoms with Gasteiger partial charge in [-0.15, -0.1) is 0 Å². The number of hydrogen-bond donors (Lipinski definition) is 0. The second-order valence-electron chi connectivity index (χ2n) is 4.24. The first kappa shape index (κ1) is 11.8. The fourth-order valence-electron chi connectivity index (χ4n) is 2.11. The van der Waals surface area contributed by atoms with Crippen LogP contribution in [0.1, 0.15) is 5.56 Å². The van der Waals surface area contributed by atoms with Crippen molar-refractivity contribution in [2.75, 3.05) is 0 Å². The molecule has 0 bridgehead atoms. The fraction of sp³-hybridized carbons (Fsp3) is 0.0667. The summed E-state index contributed by atoms with van der Waals surface area (Å²) in [6.45, 7) is 0.791. The number of nitrogens with zero attached hydrogens (tertiary/aromatic N) is 1. The van der Waals surface area contributed by atoms with Gasteiger partial charge in [-0.25, -0.2) is 0 Å². The van der Waals surface area contributed by atoms with E-state index in [2.05, 4.69) is 57.0 Å². The summed E-state index contributed by atoms with van der Waals surface area (Å²) in [5.74, 6) is 0. The zero-order chi connectivity index (χ0) is 12.5. The molecule has 3 aromatic rings. The molecule has 3 rings (SSSR count). The average Bonchev–Trinajstić information content (AvgIpc) is 2.75. The molecule has 0 amide bonds. The highest BCUT2D eigenvalue weighted by Gasteiger charge is 2.04. The second-order valence-corrected chi connectivity index (χ2v) is 5.56. The summed E-state index contributed by atoms with van der Waals surface area (Å²) in [6.07, 6.45) is 2.10. The maximum Gasteiger partial charge on any atom is 0.0494 e. The Bertz CT molecular complexity index is 703. The predicted octanol–water partition coefficient (Wildman–Crippen LogP) is 5.11. The van der Waals surface area contributed by atoms with Gasteiger partial charge in [0.2, 0.25) is 0 Å². The normalized spacial score (nSPS) is 11.0. The van der Waals surface area contributed by atoms with E-state index in [1.165, 1.54) is 10.9 Å². The van der Waals surface area contributed by atoms with Gasteiger partial charge in [0.15, 0.2) is 0 Å². The van der Waals surface area contributed by atoms with Gasteiger partial charge in [-0.1, -0.05) is 51.8 Å². The number of hydrogen-bond acceptors (Lipinski definition) is 0. The molecule has 0 spiro atoms. The predicted molar refractivity (Wildman–Crippen MR) is 80.2 cm³/mol. The monoisotopic (exact) mass is 319 g/mol. The molecule has 0 saturated heterocycles. The molecule has 1 heterocycles. The lowest BCUT2D eigenvalue weighted by Gasteiger charge is -2.07. The minimum atomic E-state index is 0.791. The molecule has 0 aliphatic rings. The maximum atomic E-state index is 6.20. The number of benzene rings is 2. The Hall–Kier alpha value is -1.25. The third-order valence-electron chi connectivity index (χ3n) is 3.03. The minimum absolute atomic E-state index is 0.791. The van der Waals surface area contributed by atoms with E-state index in [9.17, 15) is 0 Å². The van der Waals surface area contributed by atoms with Crippen LogP contribution in [0.25, 0.3) is 10.9 Å². The van der Waals surface area contributed by atoms with Gasteiger partial charge in [0.1, 0.15) is 0 Å². The lowest BCUT2D eigenvalue weighted by atomic mass is 10.2. The SMILES string of the molecule is Clc1ccccc1Cn1ccc2ccc(Br)cc21. The van der Waals surface area contributed by atoms with Crippen molar-refractivity contribution in [2.45, 2.75) is 6.54 Å². The lowest BCUT2D eigenvalue weighted by molar-refractivity contribution is 0.837. The molecule has 0 fully saturated rings. The molecule has 0 saturated carbocycles. The Balaban J connectivity index is 2.05. The van der Waals surface area contributed by atoms with Gasteiger partial charge in [-0.2, -0.15) is 0 Å². The first-order valence-corrected chi connectivity index (χ1v) is 6.89. The van der Waals surface area contributed by atoms with Crippen molar-refractivity contribution in [3.8, 4) is 0 Å². The van der Waals surface area contributed by atoms with Gasteiger partial charge in [0.25, 0.3) is 0 Å². The third kappa shape index (κ3) is 2.18. The maximum absolute atomic E-state index is 6.20. The van der Waals surface area contributed by atoms with Crippen LogP contribution in [-0.4, -0.2) is 4.57 Å². The third-order valence-corrected chi connectivity index (χ3v) is 3.90. The zero-order valence-electron chi connectivity index (χ0n) is 9.61. The van der Waals surface area contributed by atoms with Crippen LogP contribution < -0.4 is 0 Å². The minimum Gasteiger partial charge on any atom is -0.343 e. The number of halogens is 2. The summed E-state index contributed by atoms with van der Waals surface area (Å²) in [7, 11) is 0. The van der Waals surface area contributed by atoms with Crippen molar-refractivity contribution in [3.05, 3.63) is 69.8 Å². The van der Waals surface area contributed by atoms with Crippen LogP contribution in [0.3, 0.4) is 0 Å². The molecule has 2 aromatic carbocycles. The molecule has 3 heteroatoms. The van der Waals surface area contributed by atoms with Gasteiger partial charge in [-0.3, -0.25) is 0 Å². The molecule has 0 aliphatic heterocycles. The van der Waals surface area contributed by atoms with Crippen LogP contribution in [-0.2, 0) is 6.54 Å². The summed E-state index contributed by atoms with van der Waals surface area (Å²) >= 11 is 9.71. The van der Waals surface area contributed by atoms with Gasteiger partial charge in [0, 0.05) is 27.8 Å². The molecular formula is C15H11BrClN. The van der Waals surface area contributed by atoms with Crippen molar-refractivity contribution in [2.24, 2.45) is 0 Å². The molecule has 0 aliphatic carbocycles. The summed E-state index contributed by atoms with van der Waals surface area (Å²) in [6, 6.07) is 16.4. The van der Waals surface area contributed by atoms with Crippen LogP contribution in [0, 0.1) is 0 Å². The molecular weight excluding hydrogens is 310 g/mol. The standard InChI is InChI=1S/C15H11BrClN/c16-13-6-5-11-7-8-18(15(11)9-13)10-12-3-1-2-4-14(12)17/h1-9H,10H2. The summed E-state index contributed by atoms with van der Waals surface area (Å²) in [4.78, 5) is 0. The van der Waals surface area contributed by atoms with Crippen molar-refractivity contribution in [3.63, 3.8) is 0 Å². The molecule has 0 radical (unpaired) electrons. The second kappa shape index (κ2) is 4.79. The number of aromatic nitrogens is 1. The summed E-state index contributed by atoms with van der Waals surface area (Å²) < 4.78 is 3.30. The van der Waals surface area contributed by atoms with Crippen molar-refractivity contribution < 1.29 is 0 Å². The van der Waals surface area contributed by atoms with Crippen molar-refractivity contribution in [1.82, 2.24) is 4.57 Å². The molecule has 1 nitrogen and oxygen atoms in total. The highest BCUT2D eigenvalue weighted by atomic mass is 79.9. The largest absolute Gasteiger partial charge is 0.343 e. The highest BCUT2D eigenvalue weighted by Crippen LogP contribution is 2.23. The molecule has 1 aromatic heterocycles. The highest BCUT2D eigenvalue weighted by molar-refractivity contribution is 9.10. The van der Waals surface area contributed by atoms with E-state index < -0.39 is 0 Å². The van der Waals surface area contributed by atoms with E-state index >= 15 is 0 Å². The van der Waals surface area contributed by atoms with E-state index in [0.29, 0.717) is 0 Å². The molecule has 18 heavy (non-hydrogen) atoms. The summed E-state index contributed by atoms with van der Waals surface area (Å²) in [5, 5.41) is 2.06. The van der Waals surface area contributed by atoms with Gasteiger partial charge < -0.3 is 4.57 Å². The first-order valence-electron chi connectivity index (χ1n) is 5.72. The quantitative estimate of drug-likeness (QED) is 0.618. The van der Waals surface area contributed by atoms with Crippen molar-refractivity contribution in [1.29, 1.82) is 0 Å². The Morgan fingerprint density at radius 2 is 1.89 bits per heavy atom. The van der Waals surface area contributed by atoms with Crippen LogP contribution in [0.2, 0.25) is 5.02 Å². The molecule has 0 atom stereocenters. The van der Waals surface area contributed by atoms with E-state index in [1.54, 1.807) is 0 Å². The lowest BCUT2D eigenvalue weighted by Crippen LogP contribution is -1.98. The van der Waals surface area contributed by atoms with Crippen LogP contribution in [0.4, 0.5) is 0 Å². The van der Waals surface area contributed by atoms with E-state index in [0.717, 1.165) is 21.6 Å². The van der Waals surface area contributed by atoms with E-state index in [-0.39, 0.29) is 0 Å². The van der Waals surface area contributed by atoms with Crippen LogP contribution in [0.5, 0.6) is 0 Å². The van der Waals surface area contributed by atoms with E-state index in [1.807, 2.05) is 18.2 Å². The van der Waals surface area contributed by atoms with Gasteiger partial charge >= 0.3 is 0 Å². The zero-order valence-corrected chi connectivity index (χ0v) is 11.9. The van der Waals surface area contributed by atoms with E-state index in [4.69, 9.17) is 11.6 Å². The first-order chi connectivity index (χ1) is 8.74. The summed E-state index contributed by atoms with van der Waals surface area (Å²) in [5.41, 5.74) is 2.35. The number of rotatable bonds is 2. The van der Waals surface area contributed by atoms with Crippen LogP contribution >= 0.6 is 27.5 Å². The van der Waals surface area contributed by atoms with Crippen molar-refractivity contribution >= 4 is 38.4 Å². The smallest absolute Gasteiger partial charge is 0.0494 e. The number of fused-ring (bicyclic) bond motifs is 1. The fourth-order valence-corrected chi connectivity index (χ4v) is 2.65. The molecule has 90 valence electrons. The van der Waals surface area contributed by atoms with Crippen LogP contribution in [0.15, 0.2) is 59.2 Å². The van der Waals surface area contributed by atoms with Gasteiger partial charge in [0.05, 0.1) is 0 Å². The average molecular weight is 321 g/mol. The Morgan fingerprint density at radius 3 is 2.72 bits per heavy atom. The molecule has 0 N–H and O–H groups in total. The Kier molecular flexibility index (Phi) is 3.14. The molecule has 0 unspecified atom stereocenters.